The highest BCUT2D eigenvalue weighted by Gasteiger charge is 2.40. The quantitative estimate of drug-likeness (QED) is 0.786. The van der Waals surface area contributed by atoms with E-state index in [9.17, 15) is 4.79 Å². The van der Waals surface area contributed by atoms with Crippen LogP contribution in [0.5, 0.6) is 0 Å². The van der Waals surface area contributed by atoms with Gasteiger partial charge in [0.2, 0.25) is 0 Å². The van der Waals surface area contributed by atoms with Gasteiger partial charge in [0.15, 0.2) is 0 Å². The molecule has 0 radical (unpaired) electrons. The van der Waals surface area contributed by atoms with Crippen molar-refractivity contribution < 1.29 is 9.53 Å². The van der Waals surface area contributed by atoms with Crippen LogP contribution in [0.1, 0.15) is 18.9 Å². The molecule has 1 amide bonds. The zero-order chi connectivity index (χ0) is 12.7. The summed E-state index contributed by atoms with van der Waals surface area (Å²) in [5.41, 5.74) is 1.50. The first kappa shape index (κ1) is 11.4. The van der Waals surface area contributed by atoms with Crippen LogP contribution in [0.2, 0.25) is 0 Å². The molecule has 0 bridgehead atoms. The van der Waals surface area contributed by atoms with Crippen molar-refractivity contribution in [3.63, 3.8) is 0 Å². The first-order valence-electron chi connectivity index (χ1n) is 5.98. The molecule has 1 aromatic rings. The van der Waals surface area contributed by atoms with E-state index in [1.54, 1.807) is 0 Å². The molecule has 0 spiro atoms. The SMILES string of the molecule is C[C@@H]1C[C@@H]2C(=S)NC(=O)C(c3ccccc3)=C2O1. The van der Waals surface area contributed by atoms with Gasteiger partial charge in [-0.05, 0) is 12.5 Å². The van der Waals surface area contributed by atoms with Gasteiger partial charge in [-0.15, -0.1) is 0 Å². The van der Waals surface area contributed by atoms with Crippen molar-refractivity contribution in [3.8, 4) is 0 Å². The van der Waals surface area contributed by atoms with Gasteiger partial charge in [-0.2, -0.15) is 0 Å². The van der Waals surface area contributed by atoms with Gasteiger partial charge in [-0.1, -0.05) is 42.5 Å². The van der Waals surface area contributed by atoms with Gasteiger partial charge in [0.25, 0.3) is 5.91 Å². The lowest BCUT2D eigenvalue weighted by Gasteiger charge is -2.22. The van der Waals surface area contributed by atoms with Crippen LogP contribution in [0.15, 0.2) is 36.1 Å². The largest absolute Gasteiger partial charge is 0.493 e. The summed E-state index contributed by atoms with van der Waals surface area (Å²) in [5.74, 6) is 0.622. The van der Waals surface area contributed by atoms with Crippen molar-refractivity contribution in [1.29, 1.82) is 0 Å². The lowest BCUT2D eigenvalue weighted by Crippen LogP contribution is -2.39. The molecular weight excluding hydrogens is 246 g/mol. The van der Waals surface area contributed by atoms with Crippen molar-refractivity contribution in [1.82, 2.24) is 5.32 Å². The summed E-state index contributed by atoms with van der Waals surface area (Å²) in [6, 6.07) is 9.59. The second kappa shape index (κ2) is 4.21. The molecule has 0 saturated carbocycles. The van der Waals surface area contributed by atoms with E-state index in [0.717, 1.165) is 17.7 Å². The van der Waals surface area contributed by atoms with E-state index in [0.29, 0.717) is 10.6 Å². The van der Waals surface area contributed by atoms with E-state index < -0.39 is 0 Å². The lowest BCUT2D eigenvalue weighted by atomic mass is 9.92. The molecule has 1 saturated heterocycles. The molecule has 2 atom stereocenters. The number of thiocarbonyl (C=S) groups is 1. The fourth-order valence-electron chi connectivity index (χ4n) is 2.50. The van der Waals surface area contributed by atoms with Gasteiger partial charge in [0.05, 0.1) is 22.6 Å². The van der Waals surface area contributed by atoms with E-state index in [2.05, 4.69) is 5.32 Å². The number of carbonyl (C=O) groups excluding carboxylic acids is 1. The molecule has 4 heteroatoms. The van der Waals surface area contributed by atoms with Gasteiger partial charge in [-0.25, -0.2) is 0 Å². The van der Waals surface area contributed by atoms with E-state index in [-0.39, 0.29) is 17.9 Å². The Balaban J connectivity index is 2.15. The molecule has 18 heavy (non-hydrogen) atoms. The van der Waals surface area contributed by atoms with Crippen molar-refractivity contribution in [2.75, 3.05) is 0 Å². The summed E-state index contributed by atoms with van der Waals surface area (Å²) in [7, 11) is 0. The fourth-order valence-corrected chi connectivity index (χ4v) is 2.79. The van der Waals surface area contributed by atoms with Crippen LogP contribution in [-0.2, 0) is 9.53 Å². The van der Waals surface area contributed by atoms with E-state index in [1.165, 1.54) is 0 Å². The Morgan fingerprint density at radius 2 is 2.06 bits per heavy atom. The summed E-state index contributed by atoms with van der Waals surface area (Å²) in [6.45, 7) is 2.00. The molecule has 3 rings (SSSR count). The number of benzene rings is 1. The van der Waals surface area contributed by atoms with Crippen molar-refractivity contribution in [3.05, 3.63) is 41.7 Å². The predicted octanol–water partition coefficient (Wildman–Crippen LogP) is 2.28. The van der Waals surface area contributed by atoms with Gasteiger partial charge in [0.1, 0.15) is 5.76 Å². The average Bonchev–Trinajstić information content (AvgIpc) is 2.72. The van der Waals surface area contributed by atoms with Crippen LogP contribution in [0.25, 0.3) is 5.57 Å². The van der Waals surface area contributed by atoms with Crippen LogP contribution < -0.4 is 5.32 Å². The molecule has 0 aliphatic carbocycles. The minimum absolute atomic E-state index is 0.0444. The number of rotatable bonds is 1. The second-order valence-corrected chi connectivity index (χ2v) is 5.08. The fraction of sp³-hybridized carbons (Fsp3) is 0.286. The number of carbonyl (C=O) groups is 1. The molecule has 2 aliphatic rings. The molecule has 3 nitrogen and oxygen atoms in total. The molecule has 0 unspecified atom stereocenters. The van der Waals surface area contributed by atoms with E-state index in [4.69, 9.17) is 17.0 Å². The average molecular weight is 259 g/mol. The molecule has 2 heterocycles. The smallest absolute Gasteiger partial charge is 0.260 e. The van der Waals surface area contributed by atoms with Crippen molar-refractivity contribution >= 4 is 28.7 Å². The number of nitrogens with one attached hydrogen (secondary N) is 1. The maximum Gasteiger partial charge on any atom is 0.260 e. The Labute approximate surface area is 111 Å². The molecular formula is C14H13NO2S. The monoisotopic (exact) mass is 259 g/mol. The minimum Gasteiger partial charge on any atom is -0.493 e. The number of ether oxygens (including phenoxy) is 1. The third kappa shape index (κ3) is 1.73. The Morgan fingerprint density at radius 1 is 1.33 bits per heavy atom. The normalized spacial score (nSPS) is 26.7. The van der Waals surface area contributed by atoms with E-state index >= 15 is 0 Å². The molecule has 0 aromatic heterocycles. The highest BCUT2D eigenvalue weighted by molar-refractivity contribution is 7.80. The Hall–Kier alpha value is -1.68. The van der Waals surface area contributed by atoms with Crippen LogP contribution in [0, 0.1) is 5.92 Å². The summed E-state index contributed by atoms with van der Waals surface area (Å²) in [4.78, 5) is 12.7. The lowest BCUT2D eigenvalue weighted by molar-refractivity contribution is -0.114. The topological polar surface area (TPSA) is 38.3 Å². The van der Waals surface area contributed by atoms with Crippen LogP contribution in [0.3, 0.4) is 0 Å². The third-order valence-electron chi connectivity index (χ3n) is 3.30. The van der Waals surface area contributed by atoms with E-state index in [1.807, 2.05) is 37.3 Å². The maximum absolute atomic E-state index is 12.1. The summed E-state index contributed by atoms with van der Waals surface area (Å²) in [6.07, 6.45) is 0.944. The second-order valence-electron chi connectivity index (χ2n) is 4.64. The number of amides is 1. The minimum atomic E-state index is -0.161. The Kier molecular flexibility index (Phi) is 2.67. The van der Waals surface area contributed by atoms with Crippen molar-refractivity contribution in [2.45, 2.75) is 19.4 Å². The first-order valence-corrected chi connectivity index (χ1v) is 6.39. The maximum atomic E-state index is 12.1. The van der Waals surface area contributed by atoms with Crippen LogP contribution in [-0.4, -0.2) is 17.0 Å². The summed E-state index contributed by atoms with van der Waals surface area (Å²) in [5, 5.41) is 2.77. The first-order chi connectivity index (χ1) is 8.66. The Morgan fingerprint density at radius 3 is 2.78 bits per heavy atom. The number of hydrogen-bond donors (Lipinski definition) is 1. The van der Waals surface area contributed by atoms with Gasteiger partial charge >= 0.3 is 0 Å². The molecule has 1 N–H and O–H groups in total. The summed E-state index contributed by atoms with van der Waals surface area (Å²) >= 11 is 5.23. The Bertz CT molecular complexity index is 550. The van der Waals surface area contributed by atoms with Crippen molar-refractivity contribution in [2.24, 2.45) is 5.92 Å². The standard InChI is InChI=1S/C14H13NO2S/c1-8-7-10-12(17-8)11(13(16)15-14(10)18)9-5-3-2-4-6-9/h2-6,8,10H,7H2,1H3,(H,15,16,18)/t8-,10+/m1/s1. The van der Waals surface area contributed by atoms with Gasteiger partial charge in [0, 0.05) is 6.42 Å². The zero-order valence-corrected chi connectivity index (χ0v) is 10.8. The zero-order valence-electron chi connectivity index (χ0n) is 9.97. The molecule has 92 valence electrons. The number of hydrogen-bond acceptors (Lipinski definition) is 3. The molecule has 1 fully saturated rings. The van der Waals surface area contributed by atoms with Crippen LogP contribution >= 0.6 is 12.2 Å². The molecule has 2 aliphatic heterocycles. The summed E-state index contributed by atoms with van der Waals surface area (Å²) < 4.78 is 5.80. The third-order valence-corrected chi connectivity index (χ3v) is 3.69. The van der Waals surface area contributed by atoms with Gasteiger partial charge in [-0.3, -0.25) is 4.79 Å². The molecule has 1 aromatic carbocycles. The number of fused-ring (bicyclic) bond motifs is 1. The predicted molar refractivity (Wildman–Crippen MR) is 72.8 cm³/mol. The highest BCUT2D eigenvalue weighted by Crippen LogP contribution is 2.38. The van der Waals surface area contributed by atoms with Crippen LogP contribution in [0.4, 0.5) is 0 Å². The highest BCUT2D eigenvalue weighted by atomic mass is 32.1. The van der Waals surface area contributed by atoms with Gasteiger partial charge < -0.3 is 10.1 Å².